The number of imidazole rings is 1. The molecule has 0 amide bonds. The van der Waals surface area contributed by atoms with Crippen molar-refractivity contribution in [1.82, 2.24) is 14.5 Å². The molecule has 2 atom stereocenters. The second-order valence-electron chi connectivity index (χ2n) is 9.20. The number of benzene rings is 2. The van der Waals surface area contributed by atoms with Crippen LogP contribution < -0.4 is 0 Å². The summed E-state index contributed by atoms with van der Waals surface area (Å²) >= 11 is 0. The number of fused-ring (bicyclic) bond motifs is 3. The van der Waals surface area contributed by atoms with E-state index in [1.165, 1.54) is 17.7 Å². The molecule has 1 saturated heterocycles. The van der Waals surface area contributed by atoms with E-state index in [-0.39, 0.29) is 29.9 Å². The Morgan fingerprint density at radius 1 is 1.09 bits per heavy atom. The number of rotatable bonds is 6. The number of alkyl halides is 3. The van der Waals surface area contributed by atoms with E-state index in [0.717, 1.165) is 36.2 Å². The minimum atomic E-state index is -4.41. The number of carbonyl (C=O) groups is 1. The predicted molar refractivity (Wildman–Crippen MR) is 121 cm³/mol. The van der Waals surface area contributed by atoms with Gasteiger partial charge in [-0.2, -0.15) is 13.2 Å². The first-order valence-electron chi connectivity index (χ1n) is 11.5. The summed E-state index contributed by atoms with van der Waals surface area (Å²) in [6.45, 7) is 1.51. The van der Waals surface area contributed by atoms with Crippen LogP contribution in [0.3, 0.4) is 0 Å². The number of carbonyl (C=O) groups excluding carboxylic acids is 1. The van der Waals surface area contributed by atoms with Gasteiger partial charge in [0.05, 0.1) is 42.5 Å². The van der Waals surface area contributed by atoms with E-state index in [2.05, 4.69) is 21.7 Å². The van der Waals surface area contributed by atoms with Gasteiger partial charge in [0, 0.05) is 11.1 Å². The number of piperidine rings is 1. The highest BCUT2D eigenvalue weighted by Crippen LogP contribution is 2.42. The minimum absolute atomic E-state index is 0.0583. The minimum Gasteiger partial charge on any atom is -0.393 e. The van der Waals surface area contributed by atoms with Crippen LogP contribution in [-0.2, 0) is 6.18 Å². The fourth-order valence-corrected chi connectivity index (χ4v) is 5.23. The molecule has 5 nitrogen and oxygen atoms in total. The van der Waals surface area contributed by atoms with E-state index in [1.807, 2.05) is 29.6 Å². The first-order chi connectivity index (χ1) is 16.3. The fourth-order valence-electron chi connectivity index (χ4n) is 5.23. The molecule has 8 heteroatoms. The average Bonchev–Trinajstić information content (AvgIpc) is 3.42. The van der Waals surface area contributed by atoms with Crippen molar-refractivity contribution in [2.75, 3.05) is 19.6 Å². The summed E-state index contributed by atoms with van der Waals surface area (Å²) in [5.41, 5.74) is 2.97. The van der Waals surface area contributed by atoms with Gasteiger partial charge in [-0.25, -0.2) is 4.98 Å². The van der Waals surface area contributed by atoms with Gasteiger partial charge in [0.25, 0.3) is 0 Å². The van der Waals surface area contributed by atoms with Crippen LogP contribution in [0.1, 0.15) is 46.8 Å². The standard InChI is InChI=1S/C26H26F3N3O2/c27-26(28,29)19-7-5-17(6-8-19)25(34)15-31-11-9-18(10-12-31)24(33)13-22-20-3-1-2-4-21(20)23-14-30-16-32(22)23/h1-8,14,16,18,22,24,33H,9-13,15H2/t22-,24+/m1/s1. The first-order valence-corrected chi connectivity index (χ1v) is 11.5. The third-order valence-corrected chi connectivity index (χ3v) is 7.14. The summed E-state index contributed by atoms with van der Waals surface area (Å²) in [5.74, 6) is -0.0555. The highest BCUT2D eigenvalue weighted by Gasteiger charge is 2.34. The first kappa shape index (κ1) is 22.8. The van der Waals surface area contributed by atoms with Crippen molar-refractivity contribution in [3.05, 3.63) is 77.7 Å². The number of aliphatic hydroxyl groups excluding tert-OH is 1. The number of ketones is 1. The second-order valence-corrected chi connectivity index (χ2v) is 9.20. The number of hydrogen-bond acceptors (Lipinski definition) is 4. The number of nitrogens with zero attached hydrogens (tertiary/aromatic N) is 3. The van der Waals surface area contributed by atoms with Crippen molar-refractivity contribution in [2.24, 2.45) is 5.92 Å². The van der Waals surface area contributed by atoms with Crippen LogP contribution in [0.25, 0.3) is 11.3 Å². The van der Waals surface area contributed by atoms with Gasteiger partial charge < -0.3 is 9.67 Å². The quantitative estimate of drug-likeness (QED) is 0.526. The molecule has 5 rings (SSSR count). The van der Waals surface area contributed by atoms with Crippen molar-refractivity contribution in [3.63, 3.8) is 0 Å². The van der Waals surface area contributed by atoms with Crippen molar-refractivity contribution in [2.45, 2.75) is 37.6 Å². The van der Waals surface area contributed by atoms with Gasteiger partial charge >= 0.3 is 6.18 Å². The van der Waals surface area contributed by atoms with Gasteiger partial charge in [0.1, 0.15) is 0 Å². The summed E-state index contributed by atoms with van der Waals surface area (Å²) in [4.78, 5) is 18.8. The van der Waals surface area contributed by atoms with Crippen molar-refractivity contribution >= 4 is 5.78 Å². The van der Waals surface area contributed by atoms with Crippen LogP contribution in [0, 0.1) is 5.92 Å². The zero-order valence-corrected chi connectivity index (χ0v) is 18.6. The Bertz CT molecular complexity index is 1160. The number of Topliss-reactive ketones (excluding diaryl/α,β-unsaturated/α-hetero) is 1. The number of aliphatic hydroxyl groups is 1. The van der Waals surface area contributed by atoms with Crippen LogP contribution in [0.5, 0.6) is 0 Å². The maximum Gasteiger partial charge on any atom is 0.416 e. The second kappa shape index (κ2) is 9.00. The molecule has 2 aromatic carbocycles. The molecule has 1 N–H and O–H groups in total. The predicted octanol–water partition coefficient (Wildman–Crippen LogP) is 4.82. The Balaban J connectivity index is 1.16. The SMILES string of the molecule is O=C(CN1CCC([C@@H](O)C[C@@H]2c3ccccc3-c3cncn32)CC1)c1ccc(C(F)(F)F)cc1. The molecule has 0 unspecified atom stereocenters. The molecule has 0 radical (unpaired) electrons. The smallest absolute Gasteiger partial charge is 0.393 e. The lowest BCUT2D eigenvalue weighted by Gasteiger charge is -2.34. The highest BCUT2D eigenvalue weighted by molar-refractivity contribution is 5.97. The molecule has 2 aliphatic heterocycles. The topological polar surface area (TPSA) is 58.4 Å². The molecule has 178 valence electrons. The largest absolute Gasteiger partial charge is 0.416 e. The van der Waals surface area contributed by atoms with Gasteiger partial charge in [0.15, 0.2) is 5.78 Å². The highest BCUT2D eigenvalue weighted by atomic mass is 19.4. The van der Waals surface area contributed by atoms with Crippen LogP contribution in [-0.4, -0.2) is 51.1 Å². The van der Waals surface area contributed by atoms with E-state index in [4.69, 9.17) is 0 Å². The van der Waals surface area contributed by atoms with Crippen LogP contribution in [0.4, 0.5) is 13.2 Å². The lowest BCUT2D eigenvalue weighted by atomic mass is 9.86. The van der Waals surface area contributed by atoms with Crippen molar-refractivity contribution in [3.8, 4) is 11.3 Å². The maximum absolute atomic E-state index is 12.7. The van der Waals surface area contributed by atoms with Gasteiger partial charge in [-0.1, -0.05) is 36.4 Å². The van der Waals surface area contributed by atoms with E-state index >= 15 is 0 Å². The molecular weight excluding hydrogens is 443 g/mol. The summed E-state index contributed by atoms with van der Waals surface area (Å²) in [7, 11) is 0. The monoisotopic (exact) mass is 469 g/mol. The van der Waals surface area contributed by atoms with Crippen LogP contribution >= 0.6 is 0 Å². The van der Waals surface area contributed by atoms with Crippen LogP contribution in [0.2, 0.25) is 0 Å². The molecule has 0 aliphatic carbocycles. The van der Waals surface area contributed by atoms with E-state index < -0.39 is 17.8 Å². The Hall–Kier alpha value is -2.97. The number of aromatic nitrogens is 2. The Morgan fingerprint density at radius 2 is 1.79 bits per heavy atom. The molecule has 2 aliphatic rings. The van der Waals surface area contributed by atoms with E-state index in [9.17, 15) is 23.1 Å². The van der Waals surface area contributed by atoms with Gasteiger partial charge in [-0.3, -0.25) is 9.69 Å². The van der Waals surface area contributed by atoms with Gasteiger partial charge in [0.2, 0.25) is 0 Å². The molecule has 0 saturated carbocycles. The summed E-state index contributed by atoms with van der Waals surface area (Å²) in [6, 6.07) is 12.7. The summed E-state index contributed by atoms with van der Waals surface area (Å²) in [5, 5.41) is 11.0. The lowest BCUT2D eigenvalue weighted by Crippen LogP contribution is -2.40. The Kier molecular flexibility index (Phi) is 6.04. The molecular formula is C26H26F3N3O2. The lowest BCUT2D eigenvalue weighted by molar-refractivity contribution is -0.137. The molecule has 34 heavy (non-hydrogen) atoms. The normalized spacial score (nSPS) is 19.6. The maximum atomic E-state index is 12.7. The molecule has 0 bridgehead atoms. The third kappa shape index (κ3) is 4.40. The van der Waals surface area contributed by atoms with Crippen molar-refractivity contribution in [1.29, 1.82) is 0 Å². The number of likely N-dealkylation sites (tertiary alicyclic amines) is 1. The number of hydrogen-bond donors (Lipinski definition) is 1. The molecule has 3 heterocycles. The Labute approximate surface area is 195 Å². The van der Waals surface area contributed by atoms with E-state index in [0.29, 0.717) is 19.5 Å². The summed E-state index contributed by atoms with van der Waals surface area (Å²) < 4.78 is 40.3. The fraction of sp³-hybridized carbons (Fsp3) is 0.385. The third-order valence-electron chi connectivity index (χ3n) is 7.14. The Morgan fingerprint density at radius 3 is 2.50 bits per heavy atom. The molecule has 3 aromatic rings. The van der Waals surface area contributed by atoms with Crippen LogP contribution in [0.15, 0.2) is 61.1 Å². The zero-order chi connectivity index (χ0) is 23.9. The average molecular weight is 470 g/mol. The van der Waals surface area contributed by atoms with Crippen molar-refractivity contribution < 1.29 is 23.1 Å². The number of halogens is 3. The molecule has 1 fully saturated rings. The zero-order valence-electron chi connectivity index (χ0n) is 18.6. The van der Waals surface area contributed by atoms with E-state index in [1.54, 1.807) is 0 Å². The molecule has 0 spiro atoms. The van der Waals surface area contributed by atoms with Gasteiger partial charge in [-0.05, 0) is 56.0 Å². The van der Waals surface area contributed by atoms with Gasteiger partial charge in [-0.15, -0.1) is 0 Å². The summed E-state index contributed by atoms with van der Waals surface area (Å²) in [6.07, 6.45) is 0.942. The molecule has 1 aromatic heterocycles.